The Bertz CT molecular complexity index is 323. The largest absolute Gasteiger partial charge is 0.326 e. The lowest BCUT2D eigenvalue weighted by Gasteiger charge is -2.24. The van der Waals surface area contributed by atoms with E-state index in [2.05, 4.69) is 52.0 Å². The standard InChI is InChI=1S/C12H17BrN2/c1-9(15-7-6-12(14)8-15)10-2-4-11(13)5-3-10/h2-5,9,12H,6-8,14H2,1H3. The fourth-order valence-electron chi connectivity index (χ4n) is 2.12. The topological polar surface area (TPSA) is 29.3 Å². The van der Waals surface area contributed by atoms with Crippen molar-refractivity contribution in [2.45, 2.75) is 25.4 Å². The average molecular weight is 269 g/mol. The lowest BCUT2D eigenvalue weighted by molar-refractivity contribution is 0.260. The fourth-order valence-corrected chi connectivity index (χ4v) is 2.38. The van der Waals surface area contributed by atoms with Crippen LogP contribution < -0.4 is 5.73 Å². The van der Waals surface area contributed by atoms with Crippen molar-refractivity contribution in [1.29, 1.82) is 0 Å². The summed E-state index contributed by atoms with van der Waals surface area (Å²) in [5.41, 5.74) is 7.28. The monoisotopic (exact) mass is 268 g/mol. The smallest absolute Gasteiger partial charge is 0.0320 e. The Hall–Kier alpha value is -0.380. The van der Waals surface area contributed by atoms with Gasteiger partial charge in [0.05, 0.1) is 0 Å². The molecule has 0 aromatic heterocycles. The molecule has 1 aromatic rings. The van der Waals surface area contributed by atoms with Gasteiger partial charge >= 0.3 is 0 Å². The van der Waals surface area contributed by atoms with Crippen LogP contribution in [0.4, 0.5) is 0 Å². The summed E-state index contributed by atoms with van der Waals surface area (Å²) in [5, 5.41) is 0. The van der Waals surface area contributed by atoms with Crippen molar-refractivity contribution in [2.75, 3.05) is 13.1 Å². The molecule has 3 heteroatoms. The molecule has 2 atom stereocenters. The van der Waals surface area contributed by atoms with Crippen molar-refractivity contribution >= 4 is 15.9 Å². The molecule has 1 saturated heterocycles. The van der Waals surface area contributed by atoms with Crippen molar-refractivity contribution in [2.24, 2.45) is 5.73 Å². The fraction of sp³-hybridized carbons (Fsp3) is 0.500. The van der Waals surface area contributed by atoms with Gasteiger partial charge in [0.15, 0.2) is 0 Å². The Morgan fingerprint density at radius 3 is 2.60 bits per heavy atom. The molecule has 1 aliphatic rings. The van der Waals surface area contributed by atoms with E-state index in [1.54, 1.807) is 0 Å². The van der Waals surface area contributed by atoms with E-state index in [0.29, 0.717) is 12.1 Å². The molecule has 2 nitrogen and oxygen atoms in total. The number of nitrogens with zero attached hydrogens (tertiary/aromatic N) is 1. The lowest BCUT2D eigenvalue weighted by atomic mass is 10.1. The molecule has 1 aliphatic heterocycles. The summed E-state index contributed by atoms with van der Waals surface area (Å²) in [6.07, 6.45) is 1.13. The minimum Gasteiger partial charge on any atom is -0.326 e. The molecule has 2 unspecified atom stereocenters. The van der Waals surface area contributed by atoms with Crippen molar-refractivity contribution in [3.05, 3.63) is 34.3 Å². The number of rotatable bonds is 2. The number of benzene rings is 1. The van der Waals surface area contributed by atoms with Crippen molar-refractivity contribution in [1.82, 2.24) is 4.90 Å². The maximum atomic E-state index is 5.92. The van der Waals surface area contributed by atoms with Gasteiger partial charge in [0.1, 0.15) is 0 Å². The molecular formula is C12H17BrN2. The molecule has 0 saturated carbocycles. The Morgan fingerprint density at radius 2 is 2.07 bits per heavy atom. The third-order valence-corrected chi connectivity index (χ3v) is 3.68. The zero-order chi connectivity index (χ0) is 10.8. The van der Waals surface area contributed by atoms with Gasteiger partial charge < -0.3 is 5.73 Å². The van der Waals surface area contributed by atoms with Gasteiger partial charge in [0, 0.05) is 29.6 Å². The van der Waals surface area contributed by atoms with Crippen LogP contribution in [0.1, 0.15) is 24.9 Å². The summed E-state index contributed by atoms with van der Waals surface area (Å²) in [7, 11) is 0. The van der Waals surface area contributed by atoms with E-state index in [1.165, 1.54) is 5.56 Å². The first-order chi connectivity index (χ1) is 7.16. The molecule has 0 spiro atoms. The van der Waals surface area contributed by atoms with Crippen molar-refractivity contribution < 1.29 is 0 Å². The van der Waals surface area contributed by atoms with Gasteiger partial charge in [-0.1, -0.05) is 28.1 Å². The molecule has 1 fully saturated rings. The minimum atomic E-state index is 0.364. The van der Waals surface area contributed by atoms with Gasteiger partial charge in [0.25, 0.3) is 0 Å². The van der Waals surface area contributed by atoms with E-state index in [4.69, 9.17) is 5.73 Å². The third kappa shape index (κ3) is 2.60. The molecule has 0 bridgehead atoms. The minimum absolute atomic E-state index is 0.364. The molecule has 0 radical (unpaired) electrons. The van der Waals surface area contributed by atoms with Crippen LogP contribution in [0.5, 0.6) is 0 Å². The van der Waals surface area contributed by atoms with Crippen LogP contribution in [-0.4, -0.2) is 24.0 Å². The summed E-state index contributed by atoms with van der Waals surface area (Å²) in [6, 6.07) is 9.40. The zero-order valence-electron chi connectivity index (χ0n) is 8.99. The Kier molecular flexibility index (Phi) is 3.44. The predicted molar refractivity (Wildman–Crippen MR) is 66.7 cm³/mol. The quantitative estimate of drug-likeness (QED) is 0.894. The van der Waals surface area contributed by atoms with Gasteiger partial charge in [-0.25, -0.2) is 0 Å². The molecule has 2 N–H and O–H groups in total. The molecule has 0 aliphatic carbocycles. The van der Waals surface area contributed by atoms with E-state index in [1.807, 2.05) is 0 Å². The molecule has 82 valence electrons. The van der Waals surface area contributed by atoms with E-state index < -0.39 is 0 Å². The Labute approximate surface area is 99.6 Å². The summed E-state index contributed by atoms with van der Waals surface area (Å²) >= 11 is 3.45. The van der Waals surface area contributed by atoms with Gasteiger partial charge in [-0.05, 0) is 31.0 Å². The summed E-state index contributed by atoms with van der Waals surface area (Å²) in [4.78, 5) is 2.45. The van der Waals surface area contributed by atoms with Gasteiger partial charge in [-0.2, -0.15) is 0 Å². The molecule has 1 aromatic carbocycles. The number of halogens is 1. The van der Waals surface area contributed by atoms with Gasteiger partial charge in [0.2, 0.25) is 0 Å². The normalized spacial score (nSPS) is 24.3. The highest BCUT2D eigenvalue weighted by molar-refractivity contribution is 9.10. The van der Waals surface area contributed by atoms with E-state index in [-0.39, 0.29) is 0 Å². The summed E-state index contributed by atoms with van der Waals surface area (Å²) < 4.78 is 1.14. The molecule has 1 heterocycles. The Balaban J connectivity index is 2.07. The first-order valence-electron chi connectivity index (χ1n) is 5.42. The van der Waals surface area contributed by atoms with E-state index >= 15 is 0 Å². The average Bonchev–Trinajstić information content (AvgIpc) is 2.65. The SMILES string of the molecule is CC(c1ccc(Br)cc1)N1CCC(N)C1. The van der Waals surface area contributed by atoms with Crippen molar-refractivity contribution in [3.63, 3.8) is 0 Å². The molecular weight excluding hydrogens is 252 g/mol. The summed E-state index contributed by atoms with van der Waals surface area (Å²) in [6.45, 7) is 4.40. The Morgan fingerprint density at radius 1 is 1.40 bits per heavy atom. The highest BCUT2D eigenvalue weighted by Gasteiger charge is 2.23. The summed E-state index contributed by atoms with van der Waals surface area (Å²) in [5.74, 6) is 0. The van der Waals surface area contributed by atoms with Gasteiger partial charge in [-0.15, -0.1) is 0 Å². The number of nitrogens with two attached hydrogens (primary N) is 1. The molecule has 2 rings (SSSR count). The van der Waals surface area contributed by atoms with Crippen LogP contribution in [0.25, 0.3) is 0 Å². The zero-order valence-corrected chi connectivity index (χ0v) is 10.6. The second kappa shape index (κ2) is 4.64. The molecule has 0 amide bonds. The first-order valence-corrected chi connectivity index (χ1v) is 6.21. The van der Waals surface area contributed by atoms with Crippen molar-refractivity contribution in [3.8, 4) is 0 Å². The van der Waals surface area contributed by atoms with Crippen LogP contribution >= 0.6 is 15.9 Å². The maximum Gasteiger partial charge on any atom is 0.0320 e. The highest BCUT2D eigenvalue weighted by Crippen LogP contribution is 2.25. The number of hydrogen-bond donors (Lipinski definition) is 1. The second-order valence-corrected chi connectivity index (χ2v) is 5.19. The van der Waals surface area contributed by atoms with E-state index in [9.17, 15) is 0 Å². The second-order valence-electron chi connectivity index (χ2n) is 4.27. The van der Waals surface area contributed by atoms with E-state index in [0.717, 1.165) is 24.0 Å². The number of hydrogen-bond acceptors (Lipinski definition) is 2. The predicted octanol–water partition coefficient (Wildman–Crippen LogP) is 2.54. The highest BCUT2D eigenvalue weighted by atomic mass is 79.9. The van der Waals surface area contributed by atoms with Crippen LogP contribution in [0.15, 0.2) is 28.7 Å². The van der Waals surface area contributed by atoms with Crippen LogP contribution in [0.3, 0.4) is 0 Å². The first kappa shape index (κ1) is 11.1. The lowest BCUT2D eigenvalue weighted by Crippen LogP contribution is -2.28. The number of likely N-dealkylation sites (tertiary alicyclic amines) is 1. The molecule has 15 heavy (non-hydrogen) atoms. The third-order valence-electron chi connectivity index (χ3n) is 3.16. The van der Waals surface area contributed by atoms with Crippen LogP contribution in [0.2, 0.25) is 0 Å². The van der Waals surface area contributed by atoms with Crippen LogP contribution in [-0.2, 0) is 0 Å². The van der Waals surface area contributed by atoms with Crippen LogP contribution in [0, 0.1) is 0 Å². The maximum absolute atomic E-state index is 5.92. The van der Waals surface area contributed by atoms with Gasteiger partial charge in [-0.3, -0.25) is 4.90 Å².